The lowest BCUT2D eigenvalue weighted by Gasteiger charge is -2.07. The van der Waals surface area contributed by atoms with E-state index in [4.69, 9.17) is 5.84 Å². The standard InChI is InChI=1S/C14H15N5OS/c1-9-2-4-19-11(6-9)17-13(10-3-5-21-8-10)14(19)16-7-12(20)18-15/h2-6,8,16H,7,15H2,1H3,(H,18,20). The number of nitrogens with one attached hydrogen (secondary N) is 2. The number of thiophene rings is 1. The van der Waals surface area contributed by atoms with E-state index >= 15 is 0 Å². The van der Waals surface area contributed by atoms with Crippen molar-refractivity contribution < 1.29 is 4.79 Å². The third kappa shape index (κ3) is 2.61. The SMILES string of the molecule is Cc1ccn2c(NCC(=O)NN)c(-c3ccsc3)nc2c1. The molecule has 3 aromatic heterocycles. The molecule has 3 rings (SSSR count). The number of hydrogen-bond acceptors (Lipinski definition) is 5. The van der Waals surface area contributed by atoms with Crippen molar-refractivity contribution in [2.75, 3.05) is 11.9 Å². The summed E-state index contributed by atoms with van der Waals surface area (Å²) in [5.74, 6) is 5.62. The highest BCUT2D eigenvalue weighted by atomic mass is 32.1. The predicted molar refractivity (Wildman–Crippen MR) is 84.1 cm³/mol. The van der Waals surface area contributed by atoms with E-state index in [9.17, 15) is 4.79 Å². The fraction of sp³-hybridized carbons (Fsp3) is 0.143. The number of carbonyl (C=O) groups excluding carboxylic acids is 1. The summed E-state index contributed by atoms with van der Waals surface area (Å²) in [7, 11) is 0. The molecule has 4 N–H and O–H groups in total. The van der Waals surface area contributed by atoms with E-state index in [-0.39, 0.29) is 12.5 Å². The van der Waals surface area contributed by atoms with E-state index in [2.05, 4.69) is 15.7 Å². The highest BCUT2D eigenvalue weighted by molar-refractivity contribution is 7.08. The Hall–Kier alpha value is -2.38. The van der Waals surface area contributed by atoms with Crippen LogP contribution in [-0.2, 0) is 4.79 Å². The third-order valence-electron chi connectivity index (χ3n) is 3.15. The van der Waals surface area contributed by atoms with Crippen molar-refractivity contribution in [1.29, 1.82) is 0 Å². The van der Waals surface area contributed by atoms with Gasteiger partial charge in [0.05, 0.1) is 6.54 Å². The van der Waals surface area contributed by atoms with Gasteiger partial charge in [0.15, 0.2) is 0 Å². The van der Waals surface area contributed by atoms with Crippen LogP contribution in [0.1, 0.15) is 5.56 Å². The largest absolute Gasteiger partial charge is 0.360 e. The van der Waals surface area contributed by atoms with Gasteiger partial charge in [0, 0.05) is 17.1 Å². The predicted octanol–water partition coefficient (Wildman–Crippen LogP) is 1.77. The molecule has 0 fully saturated rings. The first-order valence-corrected chi connectivity index (χ1v) is 7.38. The molecule has 7 heteroatoms. The number of pyridine rings is 1. The first-order valence-electron chi connectivity index (χ1n) is 6.43. The number of fused-ring (bicyclic) bond motifs is 1. The zero-order valence-corrected chi connectivity index (χ0v) is 12.3. The van der Waals surface area contributed by atoms with Crippen LogP contribution in [0, 0.1) is 6.92 Å². The molecule has 1 amide bonds. The van der Waals surface area contributed by atoms with Crippen LogP contribution < -0.4 is 16.6 Å². The summed E-state index contributed by atoms with van der Waals surface area (Å²) in [6.07, 6.45) is 1.94. The van der Waals surface area contributed by atoms with Gasteiger partial charge in [-0.25, -0.2) is 10.8 Å². The Morgan fingerprint density at radius 2 is 2.33 bits per heavy atom. The molecule has 0 aromatic carbocycles. The van der Waals surface area contributed by atoms with Crippen LogP contribution in [0.5, 0.6) is 0 Å². The molecule has 108 valence electrons. The average molecular weight is 301 g/mol. The summed E-state index contributed by atoms with van der Waals surface area (Å²) >= 11 is 1.61. The molecular weight excluding hydrogens is 286 g/mol. The summed E-state index contributed by atoms with van der Waals surface area (Å²) in [4.78, 5) is 16.0. The number of aromatic nitrogens is 2. The molecule has 0 radical (unpaired) electrons. The van der Waals surface area contributed by atoms with Gasteiger partial charge in [-0.05, 0) is 36.1 Å². The quantitative estimate of drug-likeness (QED) is 0.389. The molecule has 0 unspecified atom stereocenters. The van der Waals surface area contributed by atoms with E-state index in [0.717, 1.165) is 28.3 Å². The topological polar surface area (TPSA) is 84.5 Å². The second kappa shape index (κ2) is 5.55. The number of imidazole rings is 1. The van der Waals surface area contributed by atoms with Gasteiger partial charge in [-0.2, -0.15) is 11.3 Å². The van der Waals surface area contributed by atoms with Gasteiger partial charge in [-0.1, -0.05) is 0 Å². The zero-order valence-electron chi connectivity index (χ0n) is 11.5. The number of hydrazine groups is 1. The Labute approximate surface area is 125 Å². The number of rotatable bonds is 4. The molecule has 6 nitrogen and oxygen atoms in total. The van der Waals surface area contributed by atoms with Crippen LogP contribution in [0.2, 0.25) is 0 Å². The maximum Gasteiger partial charge on any atom is 0.253 e. The van der Waals surface area contributed by atoms with Crippen LogP contribution >= 0.6 is 11.3 Å². The van der Waals surface area contributed by atoms with Crippen LogP contribution in [0.25, 0.3) is 16.9 Å². The maximum atomic E-state index is 11.4. The Morgan fingerprint density at radius 3 is 3.05 bits per heavy atom. The van der Waals surface area contributed by atoms with Crippen molar-refractivity contribution in [3.8, 4) is 11.3 Å². The minimum atomic E-state index is -0.284. The van der Waals surface area contributed by atoms with Crippen LogP contribution in [0.15, 0.2) is 35.2 Å². The van der Waals surface area contributed by atoms with Gasteiger partial charge in [0.25, 0.3) is 5.91 Å². The minimum Gasteiger partial charge on any atom is -0.360 e. The summed E-state index contributed by atoms with van der Waals surface area (Å²) in [5, 5.41) is 7.14. The Balaban J connectivity index is 2.09. The highest BCUT2D eigenvalue weighted by Crippen LogP contribution is 2.30. The van der Waals surface area contributed by atoms with Crippen molar-refractivity contribution in [1.82, 2.24) is 14.8 Å². The second-order valence-electron chi connectivity index (χ2n) is 4.67. The highest BCUT2D eigenvalue weighted by Gasteiger charge is 2.15. The number of hydrogen-bond donors (Lipinski definition) is 3. The van der Waals surface area contributed by atoms with Gasteiger partial charge in [-0.15, -0.1) is 0 Å². The van der Waals surface area contributed by atoms with Crippen molar-refractivity contribution >= 4 is 28.7 Å². The van der Waals surface area contributed by atoms with Crippen LogP contribution in [0.3, 0.4) is 0 Å². The number of anilines is 1. The molecular formula is C14H15N5OS. The number of carbonyl (C=O) groups is 1. The molecule has 3 heterocycles. The second-order valence-corrected chi connectivity index (χ2v) is 5.45. The lowest BCUT2D eigenvalue weighted by molar-refractivity contribution is -0.119. The van der Waals surface area contributed by atoms with E-state index in [1.165, 1.54) is 0 Å². The van der Waals surface area contributed by atoms with Crippen molar-refractivity contribution in [3.05, 3.63) is 40.7 Å². The van der Waals surface area contributed by atoms with Crippen molar-refractivity contribution in [3.63, 3.8) is 0 Å². The third-order valence-corrected chi connectivity index (χ3v) is 3.84. The molecule has 0 saturated carbocycles. The Morgan fingerprint density at radius 1 is 1.48 bits per heavy atom. The Kier molecular flexibility index (Phi) is 3.59. The smallest absolute Gasteiger partial charge is 0.253 e. The normalized spacial score (nSPS) is 10.8. The van der Waals surface area contributed by atoms with Gasteiger partial charge >= 0.3 is 0 Å². The van der Waals surface area contributed by atoms with Gasteiger partial charge in [0.1, 0.15) is 17.2 Å². The van der Waals surface area contributed by atoms with E-state index in [0.29, 0.717) is 0 Å². The van der Waals surface area contributed by atoms with Gasteiger partial charge < -0.3 is 5.32 Å². The fourth-order valence-corrected chi connectivity index (χ4v) is 2.77. The first-order chi connectivity index (χ1) is 10.2. The Bertz CT molecular complexity index is 778. The molecule has 0 spiro atoms. The fourth-order valence-electron chi connectivity index (χ4n) is 2.13. The summed E-state index contributed by atoms with van der Waals surface area (Å²) < 4.78 is 1.93. The first kappa shape index (κ1) is 13.6. The number of nitrogens with zero attached hydrogens (tertiary/aromatic N) is 2. The molecule has 0 aliphatic carbocycles. The zero-order chi connectivity index (χ0) is 14.8. The van der Waals surface area contributed by atoms with Gasteiger partial charge in [-0.3, -0.25) is 14.6 Å². The monoisotopic (exact) mass is 301 g/mol. The van der Waals surface area contributed by atoms with Gasteiger partial charge in [0.2, 0.25) is 0 Å². The van der Waals surface area contributed by atoms with Crippen molar-refractivity contribution in [2.45, 2.75) is 6.92 Å². The van der Waals surface area contributed by atoms with E-state index in [1.54, 1.807) is 11.3 Å². The van der Waals surface area contributed by atoms with Crippen molar-refractivity contribution in [2.24, 2.45) is 5.84 Å². The average Bonchev–Trinajstić information content (AvgIpc) is 3.11. The summed E-state index contributed by atoms with van der Waals surface area (Å²) in [6, 6.07) is 6.01. The minimum absolute atomic E-state index is 0.0926. The molecule has 3 aromatic rings. The van der Waals surface area contributed by atoms with Crippen LogP contribution in [-0.4, -0.2) is 21.8 Å². The van der Waals surface area contributed by atoms with E-state index < -0.39 is 0 Å². The summed E-state index contributed by atoms with van der Waals surface area (Å²) in [5.41, 5.74) is 5.93. The lowest BCUT2D eigenvalue weighted by atomic mass is 10.2. The number of nitrogens with two attached hydrogens (primary N) is 1. The molecule has 0 aliphatic rings. The molecule has 0 saturated heterocycles. The van der Waals surface area contributed by atoms with E-state index in [1.807, 2.05) is 46.5 Å². The lowest BCUT2D eigenvalue weighted by Crippen LogP contribution is -2.35. The molecule has 0 atom stereocenters. The number of amides is 1. The molecule has 0 bridgehead atoms. The molecule has 0 aliphatic heterocycles. The number of aryl methyl sites for hydroxylation is 1. The summed E-state index contributed by atoms with van der Waals surface area (Å²) in [6.45, 7) is 2.11. The maximum absolute atomic E-state index is 11.4. The van der Waals surface area contributed by atoms with Crippen LogP contribution in [0.4, 0.5) is 5.82 Å². The molecule has 21 heavy (non-hydrogen) atoms.